The fraction of sp³-hybridized carbons (Fsp3) is 0.901. The Kier molecular flexibility index (Phi) is 52.4. The summed E-state index contributed by atoms with van der Waals surface area (Å²) in [5.74, 6) is -0.248. The first kappa shape index (κ1) is 79.3. The fourth-order valence-corrected chi connectivity index (χ4v) is 11.9. The highest BCUT2D eigenvalue weighted by atomic mass is 16.7. The standard InChI is InChI=1S/C71H133NO13/c1-3-5-7-9-11-13-15-17-19-20-21-22-23-24-25-26-27-28-29-30-31-32-33-34-35-36-37-38-39-40-41-43-45-47-49-51-53-55-63(76)72-59(60(75)54-52-50-48-46-44-42-18-16-14-12-10-8-6-4-2)58-82-70-68(81)66(79)69(62(57-74)84-70)85-71-67(80)65(78)64(77)61(56-73)83-71/h14,16,44,46,52,54,59-62,64-71,73-75,77-81H,3-13,15,17-43,45,47-51,53,55-58H2,1-2H3,(H,72,76)/b16-14+,46-44+,54-52+. The maximum absolute atomic E-state index is 13.3. The molecule has 2 aliphatic rings. The maximum Gasteiger partial charge on any atom is 0.220 e. The van der Waals surface area contributed by atoms with Gasteiger partial charge in [-0.1, -0.05) is 301 Å². The molecule has 0 aliphatic carbocycles. The molecule has 0 bridgehead atoms. The molecular weight excluding hydrogens is 1070 g/mol. The van der Waals surface area contributed by atoms with E-state index >= 15 is 0 Å². The first-order valence-corrected chi connectivity index (χ1v) is 35.7. The number of nitrogens with one attached hydrogen (secondary N) is 1. The van der Waals surface area contributed by atoms with Gasteiger partial charge in [0.2, 0.25) is 5.91 Å². The zero-order chi connectivity index (χ0) is 61.6. The third kappa shape index (κ3) is 40.5. The van der Waals surface area contributed by atoms with Gasteiger partial charge in [0.25, 0.3) is 0 Å². The lowest BCUT2D eigenvalue weighted by atomic mass is 9.97. The van der Waals surface area contributed by atoms with Gasteiger partial charge in [0, 0.05) is 6.42 Å². The fourth-order valence-electron chi connectivity index (χ4n) is 11.9. The molecule has 0 spiro atoms. The van der Waals surface area contributed by atoms with Gasteiger partial charge in [-0.25, -0.2) is 0 Å². The average Bonchev–Trinajstić information content (AvgIpc) is 3.64. The van der Waals surface area contributed by atoms with Gasteiger partial charge in [0.05, 0.1) is 32.0 Å². The number of hydrogen-bond donors (Lipinski definition) is 9. The van der Waals surface area contributed by atoms with E-state index in [0.29, 0.717) is 12.8 Å². The van der Waals surface area contributed by atoms with Crippen LogP contribution in [0, 0.1) is 0 Å². The normalized spacial score (nSPS) is 23.7. The Morgan fingerprint density at radius 3 is 1.15 bits per heavy atom. The van der Waals surface area contributed by atoms with Gasteiger partial charge in [-0.2, -0.15) is 0 Å². The Labute approximate surface area is 519 Å². The predicted molar refractivity (Wildman–Crippen MR) is 346 cm³/mol. The van der Waals surface area contributed by atoms with Gasteiger partial charge >= 0.3 is 0 Å². The summed E-state index contributed by atoms with van der Waals surface area (Å²) >= 11 is 0. The smallest absolute Gasteiger partial charge is 0.220 e. The minimum absolute atomic E-state index is 0.248. The minimum Gasteiger partial charge on any atom is -0.394 e. The number of hydrogen-bond acceptors (Lipinski definition) is 13. The molecular formula is C71H133NO13. The second-order valence-electron chi connectivity index (χ2n) is 25.4. The van der Waals surface area contributed by atoms with Crippen molar-refractivity contribution >= 4 is 5.91 Å². The Bertz CT molecular complexity index is 1560. The molecule has 0 saturated carbocycles. The third-order valence-corrected chi connectivity index (χ3v) is 17.6. The predicted octanol–water partition coefficient (Wildman–Crippen LogP) is 14.5. The van der Waals surface area contributed by atoms with Crippen LogP contribution >= 0.6 is 0 Å². The zero-order valence-electron chi connectivity index (χ0n) is 54.4. The van der Waals surface area contributed by atoms with Crippen molar-refractivity contribution in [2.45, 2.75) is 389 Å². The van der Waals surface area contributed by atoms with Crippen LogP contribution in [0.4, 0.5) is 0 Å². The molecule has 9 N–H and O–H groups in total. The van der Waals surface area contributed by atoms with E-state index in [-0.39, 0.29) is 18.9 Å². The molecule has 0 aromatic carbocycles. The van der Waals surface area contributed by atoms with Crippen LogP contribution < -0.4 is 5.32 Å². The molecule has 2 rings (SSSR count). The highest BCUT2D eigenvalue weighted by Gasteiger charge is 2.51. The molecule has 0 aromatic heterocycles. The van der Waals surface area contributed by atoms with Gasteiger partial charge in [0.15, 0.2) is 12.6 Å². The van der Waals surface area contributed by atoms with Crippen molar-refractivity contribution in [2.75, 3.05) is 19.8 Å². The lowest BCUT2D eigenvalue weighted by Gasteiger charge is -2.46. The SMILES string of the molecule is CCCCCC/C=C/CC/C=C/CC/C=C/C(O)C(COC1OC(CO)C(OC2OC(CO)C(O)C(O)C2O)C(O)C1O)NC(=O)CCCCCCCCCCCCCCCCCCCCCCCCCCCCCCCCCCCCCCC. The van der Waals surface area contributed by atoms with Crippen LogP contribution in [-0.4, -0.2) is 140 Å². The zero-order valence-corrected chi connectivity index (χ0v) is 54.4. The van der Waals surface area contributed by atoms with Crippen LogP contribution in [-0.2, 0) is 23.7 Å². The molecule has 14 nitrogen and oxygen atoms in total. The van der Waals surface area contributed by atoms with E-state index < -0.39 is 86.8 Å². The number of carbonyl (C=O) groups excluding carboxylic acids is 1. The van der Waals surface area contributed by atoms with Gasteiger partial charge in [-0.3, -0.25) is 4.79 Å². The van der Waals surface area contributed by atoms with E-state index in [4.69, 9.17) is 18.9 Å². The highest BCUT2D eigenvalue weighted by Crippen LogP contribution is 2.30. The summed E-state index contributed by atoms with van der Waals surface area (Å²) in [6, 6.07) is -0.936. The summed E-state index contributed by atoms with van der Waals surface area (Å²) in [7, 11) is 0. The molecule has 2 saturated heterocycles. The first-order valence-electron chi connectivity index (χ1n) is 35.7. The number of rotatable bonds is 59. The van der Waals surface area contributed by atoms with Crippen LogP contribution in [0.25, 0.3) is 0 Å². The number of aliphatic hydroxyl groups excluding tert-OH is 8. The lowest BCUT2D eigenvalue weighted by molar-refractivity contribution is -0.359. The Morgan fingerprint density at radius 1 is 0.412 bits per heavy atom. The Morgan fingerprint density at radius 2 is 0.753 bits per heavy atom. The average molecular weight is 1210 g/mol. The van der Waals surface area contributed by atoms with E-state index in [1.165, 1.54) is 238 Å². The molecule has 2 heterocycles. The molecule has 2 aliphatic heterocycles. The van der Waals surface area contributed by atoms with Crippen LogP contribution in [0.15, 0.2) is 36.5 Å². The van der Waals surface area contributed by atoms with Gasteiger partial charge < -0.3 is 65.1 Å². The summed E-state index contributed by atoms with van der Waals surface area (Å²) < 4.78 is 22.8. The molecule has 0 aromatic rings. The van der Waals surface area contributed by atoms with Gasteiger partial charge in [-0.15, -0.1) is 0 Å². The monoisotopic (exact) mass is 1210 g/mol. The lowest BCUT2D eigenvalue weighted by Crippen LogP contribution is -2.65. The number of unbranched alkanes of at least 4 members (excludes halogenated alkanes) is 42. The van der Waals surface area contributed by atoms with Gasteiger partial charge in [-0.05, 0) is 44.9 Å². The largest absolute Gasteiger partial charge is 0.394 e. The second-order valence-corrected chi connectivity index (χ2v) is 25.4. The second kappa shape index (κ2) is 56.2. The molecule has 0 radical (unpaired) electrons. The summed E-state index contributed by atoms with van der Waals surface area (Å²) in [5.41, 5.74) is 0. The summed E-state index contributed by atoms with van der Waals surface area (Å²) in [4.78, 5) is 13.3. The molecule has 500 valence electrons. The van der Waals surface area contributed by atoms with E-state index in [1.807, 2.05) is 6.08 Å². The van der Waals surface area contributed by atoms with Crippen molar-refractivity contribution in [3.63, 3.8) is 0 Å². The van der Waals surface area contributed by atoms with Crippen molar-refractivity contribution < 1.29 is 64.6 Å². The Hall–Kier alpha value is -1.79. The van der Waals surface area contributed by atoms with Gasteiger partial charge in [0.1, 0.15) is 48.8 Å². The summed E-state index contributed by atoms with van der Waals surface area (Å²) in [6.07, 6.45) is 55.3. The van der Waals surface area contributed by atoms with Crippen molar-refractivity contribution in [1.82, 2.24) is 5.32 Å². The number of carbonyl (C=O) groups is 1. The quantitative estimate of drug-likeness (QED) is 0.0204. The Balaban J connectivity index is 1.57. The molecule has 14 heteroatoms. The van der Waals surface area contributed by atoms with E-state index in [2.05, 4.69) is 43.5 Å². The summed E-state index contributed by atoms with van der Waals surface area (Å²) in [5, 5.41) is 87.2. The molecule has 1 amide bonds. The number of aliphatic hydroxyl groups is 8. The molecule has 12 unspecified atom stereocenters. The number of ether oxygens (including phenoxy) is 4. The summed E-state index contributed by atoms with van der Waals surface area (Å²) in [6.45, 7) is 2.78. The van der Waals surface area contributed by atoms with E-state index in [0.717, 1.165) is 44.9 Å². The van der Waals surface area contributed by atoms with Crippen molar-refractivity contribution in [2.24, 2.45) is 0 Å². The van der Waals surface area contributed by atoms with E-state index in [9.17, 15) is 45.6 Å². The van der Waals surface area contributed by atoms with Crippen LogP contribution in [0.3, 0.4) is 0 Å². The minimum atomic E-state index is -1.79. The van der Waals surface area contributed by atoms with Crippen molar-refractivity contribution in [3.05, 3.63) is 36.5 Å². The number of allylic oxidation sites excluding steroid dienone is 5. The van der Waals surface area contributed by atoms with Crippen molar-refractivity contribution in [1.29, 1.82) is 0 Å². The molecule has 85 heavy (non-hydrogen) atoms. The first-order chi connectivity index (χ1) is 41.6. The van der Waals surface area contributed by atoms with Crippen molar-refractivity contribution in [3.8, 4) is 0 Å². The van der Waals surface area contributed by atoms with Crippen LogP contribution in [0.2, 0.25) is 0 Å². The third-order valence-electron chi connectivity index (χ3n) is 17.6. The van der Waals surface area contributed by atoms with E-state index in [1.54, 1.807) is 6.08 Å². The van der Waals surface area contributed by atoms with Crippen LogP contribution in [0.1, 0.15) is 316 Å². The maximum atomic E-state index is 13.3. The topological polar surface area (TPSA) is 228 Å². The highest BCUT2D eigenvalue weighted by molar-refractivity contribution is 5.76. The molecule has 2 fully saturated rings. The van der Waals surface area contributed by atoms with Crippen LogP contribution in [0.5, 0.6) is 0 Å². The number of amides is 1. The molecule has 12 atom stereocenters.